The van der Waals surface area contributed by atoms with Gasteiger partial charge < -0.3 is 0 Å². The number of hydrogen-bond donors (Lipinski definition) is 0. The molecule has 0 amide bonds. The Morgan fingerprint density at radius 2 is 2.38 bits per heavy atom. The third kappa shape index (κ3) is 2.98. The topological polar surface area (TPSA) is 34.1 Å². The molecule has 13 heavy (non-hydrogen) atoms. The van der Waals surface area contributed by atoms with Crippen molar-refractivity contribution in [3.8, 4) is 0 Å². The third-order valence-electron chi connectivity index (χ3n) is 2.35. The van der Waals surface area contributed by atoms with Gasteiger partial charge in [-0.3, -0.25) is 9.59 Å². The fourth-order valence-electron chi connectivity index (χ4n) is 1.55. The van der Waals surface area contributed by atoms with Crippen LogP contribution in [0, 0.1) is 5.41 Å². The van der Waals surface area contributed by atoms with E-state index in [4.69, 9.17) is 0 Å². The van der Waals surface area contributed by atoms with E-state index in [1.54, 1.807) is 6.08 Å². The molecule has 1 unspecified atom stereocenters. The number of aldehydes is 1. The highest BCUT2D eigenvalue weighted by atomic mass is 16.1. The molecule has 0 saturated heterocycles. The van der Waals surface area contributed by atoms with Crippen LogP contribution in [0.4, 0.5) is 0 Å². The van der Waals surface area contributed by atoms with Crippen LogP contribution in [0.2, 0.25) is 0 Å². The highest BCUT2D eigenvalue weighted by Crippen LogP contribution is 2.34. The van der Waals surface area contributed by atoms with Crippen molar-refractivity contribution in [2.75, 3.05) is 0 Å². The van der Waals surface area contributed by atoms with E-state index < -0.39 is 0 Å². The molecule has 2 heteroatoms. The summed E-state index contributed by atoms with van der Waals surface area (Å²) < 4.78 is 0. The van der Waals surface area contributed by atoms with Gasteiger partial charge in [-0.2, -0.15) is 0 Å². The molecule has 1 aliphatic carbocycles. The molecule has 0 aromatic heterocycles. The summed E-state index contributed by atoms with van der Waals surface area (Å²) in [6.45, 7) is 2.07. The Morgan fingerprint density at radius 3 is 2.92 bits per heavy atom. The zero-order valence-electron chi connectivity index (χ0n) is 7.82. The molecule has 0 aromatic carbocycles. The Hall–Kier alpha value is -1.18. The van der Waals surface area contributed by atoms with Gasteiger partial charge in [-0.25, -0.2) is 0 Å². The van der Waals surface area contributed by atoms with Gasteiger partial charge in [0.25, 0.3) is 0 Å². The predicted octanol–water partition coefficient (Wildman–Crippen LogP) is 2.06. The highest BCUT2D eigenvalue weighted by molar-refractivity contribution is 5.92. The lowest BCUT2D eigenvalue weighted by molar-refractivity contribution is -0.115. The summed E-state index contributed by atoms with van der Waals surface area (Å²) in [5.41, 5.74) is 0.0182. The van der Waals surface area contributed by atoms with Crippen molar-refractivity contribution >= 4 is 12.1 Å². The summed E-state index contributed by atoms with van der Waals surface area (Å²) in [6.07, 6.45) is 10.2. The first-order valence-corrected chi connectivity index (χ1v) is 4.49. The van der Waals surface area contributed by atoms with Gasteiger partial charge in [0.15, 0.2) is 5.78 Å². The van der Waals surface area contributed by atoms with Crippen molar-refractivity contribution in [3.63, 3.8) is 0 Å². The fraction of sp³-hybridized carbons (Fsp3) is 0.455. The van der Waals surface area contributed by atoms with Crippen LogP contribution < -0.4 is 0 Å². The molecule has 0 saturated carbocycles. The fourth-order valence-corrected chi connectivity index (χ4v) is 1.55. The molecular formula is C11H14O2. The second kappa shape index (κ2) is 4.17. The molecule has 0 fully saturated rings. The lowest BCUT2D eigenvalue weighted by Gasteiger charge is -2.19. The lowest BCUT2D eigenvalue weighted by atomic mass is 9.85. The van der Waals surface area contributed by atoms with Crippen molar-refractivity contribution < 1.29 is 9.59 Å². The van der Waals surface area contributed by atoms with Gasteiger partial charge in [-0.1, -0.05) is 19.1 Å². The Bertz CT molecular complexity index is 263. The predicted molar refractivity (Wildman–Crippen MR) is 51.3 cm³/mol. The van der Waals surface area contributed by atoms with Crippen LogP contribution in [-0.4, -0.2) is 12.1 Å². The number of allylic oxidation sites excluding steroid dienone is 4. The zero-order chi connectivity index (χ0) is 9.73. The molecule has 0 aliphatic heterocycles. The molecule has 0 heterocycles. The quantitative estimate of drug-likeness (QED) is 0.487. The van der Waals surface area contributed by atoms with E-state index in [9.17, 15) is 9.59 Å². The number of carbonyl (C=O) groups is 2. The van der Waals surface area contributed by atoms with E-state index in [1.807, 2.05) is 12.2 Å². The summed E-state index contributed by atoms with van der Waals surface area (Å²) in [6, 6.07) is 0. The van der Waals surface area contributed by atoms with Crippen molar-refractivity contribution in [2.45, 2.75) is 26.2 Å². The smallest absolute Gasteiger partial charge is 0.156 e. The van der Waals surface area contributed by atoms with Crippen LogP contribution in [0.5, 0.6) is 0 Å². The summed E-state index contributed by atoms with van der Waals surface area (Å²) in [7, 11) is 0. The first-order valence-electron chi connectivity index (χ1n) is 4.49. The molecule has 0 spiro atoms. The maximum atomic E-state index is 11.0. The van der Waals surface area contributed by atoms with Gasteiger partial charge in [0.05, 0.1) is 0 Å². The second-order valence-corrected chi connectivity index (χ2v) is 3.73. The molecular weight excluding hydrogens is 164 g/mol. The first kappa shape index (κ1) is 9.90. The van der Waals surface area contributed by atoms with Gasteiger partial charge in [0, 0.05) is 6.42 Å². The average Bonchev–Trinajstić information content (AvgIpc) is 2.41. The maximum Gasteiger partial charge on any atom is 0.156 e. The van der Waals surface area contributed by atoms with Crippen molar-refractivity contribution in [3.05, 3.63) is 24.3 Å². The maximum absolute atomic E-state index is 11.0. The van der Waals surface area contributed by atoms with Crippen LogP contribution in [0.15, 0.2) is 24.3 Å². The summed E-state index contributed by atoms with van der Waals surface area (Å²) in [5.74, 6) is 0.210. The highest BCUT2D eigenvalue weighted by Gasteiger charge is 2.27. The summed E-state index contributed by atoms with van der Waals surface area (Å²) in [5, 5.41) is 0. The Morgan fingerprint density at radius 1 is 1.62 bits per heavy atom. The van der Waals surface area contributed by atoms with Crippen LogP contribution >= 0.6 is 0 Å². The SMILES string of the molecule is CC1(CC/C=C/C=O)C=CC(=O)C1. The standard InChI is InChI=1S/C11H14O2/c1-11(6-3-2-4-8-12)7-5-10(13)9-11/h2,4-5,7-8H,3,6,9H2,1H3/b4-2+. The number of ketones is 1. The van der Waals surface area contributed by atoms with Crippen LogP contribution in [0.25, 0.3) is 0 Å². The molecule has 1 rings (SSSR count). The van der Waals surface area contributed by atoms with E-state index in [1.165, 1.54) is 6.08 Å². The zero-order valence-corrected chi connectivity index (χ0v) is 7.82. The minimum atomic E-state index is 0.0182. The largest absolute Gasteiger partial charge is 0.299 e. The summed E-state index contributed by atoms with van der Waals surface area (Å²) in [4.78, 5) is 21.0. The molecule has 0 N–H and O–H groups in total. The van der Waals surface area contributed by atoms with Crippen molar-refractivity contribution in [1.29, 1.82) is 0 Å². The number of rotatable bonds is 4. The Balaban J connectivity index is 2.36. The molecule has 1 atom stereocenters. The minimum Gasteiger partial charge on any atom is -0.299 e. The number of carbonyl (C=O) groups excluding carboxylic acids is 2. The third-order valence-corrected chi connectivity index (χ3v) is 2.35. The molecule has 2 nitrogen and oxygen atoms in total. The Kier molecular flexibility index (Phi) is 3.18. The monoisotopic (exact) mass is 178 g/mol. The minimum absolute atomic E-state index is 0.0182. The molecule has 0 aromatic rings. The molecule has 1 aliphatic rings. The van der Waals surface area contributed by atoms with Gasteiger partial charge in [-0.05, 0) is 30.4 Å². The molecule has 70 valence electrons. The Labute approximate surface area is 78.3 Å². The molecule has 0 radical (unpaired) electrons. The van der Waals surface area contributed by atoms with E-state index >= 15 is 0 Å². The van der Waals surface area contributed by atoms with E-state index in [2.05, 4.69) is 6.92 Å². The van der Waals surface area contributed by atoms with Crippen LogP contribution in [0.1, 0.15) is 26.2 Å². The first-order chi connectivity index (χ1) is 6.16. The normalized spacial score (nSPS) is 27.3. The lowest BCUT2D eigenvalue weighted by Crippen LogP contribution is -2.11. The van der Waals surface area contributed by atoms with Crippen molar-refractivity contribution in [2.24, 2.45) is 5.41 Å². The number of hydrogen-bond acceptors (Lipinski definition) is 2. The van der Waals surface area contributed by atoms with Gasteiger partial charge in [0.1, 0.15) is 6.29 Å². The second-order valence-electron chi connectivity index (χ2n) is 3.73. The van der Waals surface area contributed by atoms with Crippen LogP contribution in [0.3, 0.4) is 0 Å². The van der Waals surface area contributed by atoms with Crippen LogP contribution in [-0.2, 0) is 9.59 Å². The van der Waals surface area contributed by atoms with E-state index in [0.29, 0.717) is 6.42 Å². The van der Waals surface area contributed by atoms with E-state index in [0.717, 1.165) is 19.1 Å². The summed E-state index contributed by atoms with van der Waals surface area (Å²) >= 11 is 0. The van der Waals surface area contributed by atoms with Gasteiger partial charge >= 0.3 is 0 Å². The van der Waals surface area contributed by atoms with E-state index in [-0.39, 0.29) is 11.2 Å². The van der Waals surface area contributed by atoms with Gasteiger partial charge in [0.2, 0.25) is 0 Å². The van der Waals surface area contributed by atoms with Gasteiger partial charge in [-0.15, -0.1) is 0 Å². The molecule has 0 bridgehead atoms. The van der Waals surface area contributed by atoms with Crippen molar-refractivity contribution in [1.82, 2.24) is 0 Å². The average molecular weight is 178 g/mol.